The third-order valence-electron chi connectivity index (χ3n) is 21.9. The van der Waals surface area contributed by atoms with Crippen molar-refractivity contribution in [3.05, 3.63) is 46.5 Å². The van der Waals surface area contributed by atoms with Crippen molar-refractivity contribution in [3.63, 3.8) is 0 Å². The van der Waals surface area contributed by atoms with Crippen molar-refractivity contribution in [2.45, 2.75) is 317 Å². The maximum Gasteiger partial charge on any atom is 0.306 e. The predicted octanol–water partition coefficient (Wildman–Crippen LogP) is 15.7. The maximum atomic E-state index is 13.5. The number of unbranched alkanes of at least 4 members (excludes halogenated alkanes) is 28. The summed E-state index contributed by atoms with van der Waals surface area (Å²) < 4.78 is 37.6. The number of hydrogen-bond acceptors (Lipinski definition) is 12. The number of methoxy groups -OCH3 is 2. The molecule has 0 unspecified atom stereocenters. The van der Waals surface area contributed by atoms with Crippen LogP contribution in [0.25, 0.3) is 0 Å². The van der Waals surface area contributed by atoms with Gasteiger partial charge in [-0.1, -0.05) is 206 Å². The Morgan fingerprint density at radius 2 is 0.767 bits per heavy atom. The molecule has 4 aliphatic heterocycles. The summed E-state index contributed by atoms with van der Waals surface area (Å²) in [7, 11) is 7.57. The molecule has 0 aromatic heterocycles. The van der Waals surface area contributed by atoms with E-state index in [4.69, 9.17) is 28.4 Å². The Morgan fingerprint density at radius 1 is 0.465 bits per heavy atom. The molecule has 0 amide bonds. The second-order valence-corrected chi connectivity index (χ2v) is 27.2. The first-order valence-electron chi connectivity index (χ1n) is 34.6. The molecule has 2 spiro atoms. The van der Waals surface area contributed by atoms with E-state index in [2.05, 4.69) is 49.9 Å². The van der Waals surface area contributed by atoms with E-state index in [1.54, 1.807) is 14.2 Å². The number of ketones is 2. The summed E-state index contributed by atoms with van der Waals surface area (Å²) in [5, 5.41) is 0. The van der Waals surface area contributed by atoms with E-state index in [0.717, 1.165) is 75.6 Å². The molecular formula is C72H110N2O10Zn2. The third-order valence-corrected chi connectivity index (χ3v) is 21.9. The number of carbonyl (C=O) groups is 4. The zero-order chi connectivity index (χ0) is 59.2. The average Bonchev–Trinajstić information content (AvgIpc) is 1.39. The molecule has 2 aromatic carbocycles. The van der Waals surface area contributed by atoms with Crippen molar-refractivity contribution in [1.29, 1.82) is 0 Å². The first-order chi connectivity index (χ1) is 41.0. The zero-order valence-corrected chi connectivity index (χ0v) is 60.6. The molecule has 8 atom stereocenters. The standard InChI is InChI=1S/2C36H55NO5.2Zn/c2*1-4-5-6-7-8-9-10-11-12-13-14-15-16-17-18-19-31(39)42-36-23-22-28(38)34-35(36)24-25-37(2)30(36)26-27-20-21-29(40-3)33(41-34)32(27)35;;/h2*20-21,30,34H,4-19,22-26H2,1-3H3;;/t2*30-,34+,35+,36-;;/m11../s1. The van der Waals surface area contributed by atoms with Crippen LogP contribution in [0.4, 0.5) is 0 Å². The Morgan fingerprint density at radius 3 is 1.07 bits per heavy atom. The number of ether oxygens (including phenoxy) is 6. The van der Waals surface area contributed by atoms with Gasteiger partial charge >= 0.3 is 11.9 Å². The molecule has 2 saturated heterocycles. The fourth-order valence-corrected chi connectivity index (χ4v) is 17.5. The van der Waals surface area contributed by atoms with E-state index in [1.807, 2.05) is 12.1 Å². The number of hydrogen-bond donors (Lipinski definition) is 0. The van der Waals surface area contributed by atoms with Crippen molar-refractivity contribution < 1.29 is 86.6 Å². The minimum atomic E-state index is -0.740. The Kier molecular flexibility index (Phi) is 27.4. The maximum absolute atomic E-state index is 13.5. The summed E-state index contributed by atoms with van der Waals surface area (Å²) in [6, 6.07) is 8.25. The Bertz CT molecular complexity index is 2360. The van der Waals surface area contributed by atoms with Gasteiger partial charge in [-0.2, -0.15) is 0 Å². The molecule has 0 N–H and O–H groups in total. The first kappa shape index (κ1) is 70.5. The number of Topliss-reactive ketones (excluding diaryl/α,β-unsaturated/α-hetero) is 2. The monoisotopic (exact) mass is 1290 g/mol. The number of likely N-dealkylation sites (tertiary alicyclic amines) is 2. The van der Waals surface area contributed by atoms with Crippen molar-refractivity contribution in [2.24, 2.45) is 0 Å². The van der Waals surface area contributed by atoms with Crippen LogP contribution in [-0.2, 0) is 91.3 Å². The second kappa shape index (κ2) is 33.4. The summed E-state index contributed by atoms with van der Waals surface area (Å²) in [6.45, 7) is 6.26. The molecule has 472 valence electrons. The minimum absolute atomic E-state index is 0. The van der Waals surface area contributed by atoms with Crippen LogP contribution in [0.5, 0.6) is 23.0 Å². The summed E-state index contributed by atoms with van der Waals surface area (Å²) in [4.78, 5) is 58.3. The van der Waals surface area contributed by atoms with E-state index in [0.29, 0.717) is 61.5 Å². The number of carbonyl (C=O) groups excluding carboxylic acids is 4. The molecule has 4 fully saturated rings. The van der Waals surface area contributed by atoms with Crippen LogP contribution >= 0.6 is 0 Å². The van der Waals surface area contributed by atoms with Crippen LogP contribution in [-0.4, -0.2) is 110 Å². The van der Waals surface area contributed by atoms with E-state index in [1.165, 1.54) is 178 Å². The molecule has 4 aliphatic carbocycles. The molecule has 86 heavy (non-hydrogen) atoms. The van der Waals surface area contributed by atoms with Gasteiger partial charge in [0.1, 0.15) is 11.2 Å². The Hall–Kier alpha value is -2.91. The van der Waals surface area contributed by atoms with E-state index in [9.17, 15) is 19.2 Å². The topological polar surface area (TPSA) is 130 Å². The summed E-state index contributed by atoms with van der Waals surface area (Å²) in [5.74, 6) is 2.75. The number of piperidine rings is 2. The molecule has 8 aliphatic rings. The van der Waals surface area contributed by atoms with Gasteiger partial charge in [0.25, 0.3) is 0 Å². The van der Waals surface area contributed by atoms with Gasteiger partial charge in [0.15, 0.2) is 46.8 Å². The van der Waals surface area contributed by atoms with Gasteiger partial charge in [-0.05, 0) is 102 Å². The van der Waals surface area contributed by atoms with E-state index < -0.39 is 34.2 Å². The number of benzene rings is 2. The molecular weight excluding hydrogens is 1180 g/mol. The van der Waals surface area contributed by atoms with E-state index in [-0.39, 0.29) is 74.5 Å². The molecule has 10 rings (SSSR count). The minimum Gasteiger partial charge on any atom is -0.493 e. The van der Waals surface area contributed by atoms with Crippen molar-refractivity contribution in [1.82, 2.24) is 9.80 Å². The number of esters is 2. The molecule has 12 nitrogen and oxygen atoms in total. The van der Waals surface area contributed by atoms with Crippen LogP contribution in [0.1, 0.15) is 280 Å². The molecule has 2 saturated carbocycles. The summed E-state index contributed by atoms with van der Waals surface area (Å²) in [6.07, 6.45) is 43.8. The number of nitrogens with zero attached hydrogens (tertiary/aromatic N) is 2. The fourth-order valence-electron chi connectivity index (χ4n) is 17.5. The van der Waals surface area contributed by atoms with Crippen molar-refractivity contribution >= 4 is 23.5 Å². The quantitative estimate of drug-likeness (QED) is 0.0366. The fraction of sp³-hybridized carbons (Fsp3) is 0.778. The van der Waals surface area contributed by atoms with Crippen molar-refractivity contribution in [2.75, 3.05) is 41.4 Å². The van der Waals surface area contributed by atoms with E-state index >= 15 is 0 Å². The van der Waals surface area contributed by atoms with Crippen LogP contribution in [0.2, 0.25) is 0 Å². The second-order valence-electron chi connectivity index (χ2n) is 27.2. The largest absolute Gasteiger partial charge is 0.493 e. The number of rotatable bonds is 36. The summed E-state index contributed by atoms with van der Waals surface area (Å²) >= 11 is 0. The SMILES string of the molecule is CCCCCCCCCCCCCCCCCC(=O)O[C@@]12CCC(=O)[C@@H]3Oc4c(OC)ccc5c4[C@@]31CCN(C)[C@@H]2C5.CCCCCCCCCCCCCCCCCC(=O)O[C@@]12CCC(=O)[C@@H]3Oc4c(OC)ccc5c4[C@@]31CCN(C)[C@@H]2C5.[Zn].[Zn]. The van der Waals surface area contributed by atoms with Gasteiger partial charge < -0.3 is 28.4 Å². The predicted molar refractivity (Wildman–Crippen MR) is 333 cm³/mol. The van der Waals surface area contributed by atoms with Gasteiger partial charge in [-0.3, -0.25) is 29.0 Å². The smallest absolute Gasteiger partial charge is 0.306 e. The van der Waals surface area contributed by atoms with Gasteiger partial charge in [-0.25, -0.2) is 0 Å². The molecule has 4 heterocycles. The third kappa shape index (κ3) is 14.5. The molecule has 2 aromatic rings. The van der Waals surface area contributed by atoms with Crippen LogP contribution in [0, 0.1) is 0 Å². The molecule has 4 bridgehead atoms. The van der Waals surface area contributed by atoms with Gasteiger partial charge in [-0.15, -0.1) is 0 Å². The Labute approximate surface area is 544 Å². The molecule has 0 radical (unpaired) electrons. The first-order valence-corrected chi connectivity index (χ1v) is 34.6. The Balaban J connectivity index is 0.000000240. The van der Waals surface area contributed by atoms with Gasteiger partial charge in [0.05, 0.1) is 37.1 Å². The summed E-state index contributed by atoms with van der Waals surface area (Å²) in [5.41, 5.74) is 1.82. The van der Waals surface area contributed by atoms with Crippen molar-refractivity contribution in [3.8, 4) is 23.0 Å². The van der Waals surface area contributed by atoms with Gasteiger partial charge in [0, 0.05) is 75.8 Å². The van der Waals surface area contributed by atoms with Crippen LogP contribution < -0.4 is 18.9 Å². The van der Waals surface area contributed by atoms with Crippen LogP contribution in [0.15, 0.2) is 24.3 Å². The zero-order valence-electron chi connectivity index (χ0n) is 54.7. The number of likely N-dealkylation sites (N-methyl/N-ethyl adjacent to an activating group) is 2. The molecule has 14 heteroatoms. The van der Waals surface area contributed by atoms with Gasteiger partial charge in [0.2, 0.25) is 0 Å². The van der Waals surface area contributed by atoms with Crippen LogP contribution in [0.3, 0.4) is 0 Å². The normalized spacial score (nSPS) is 26.8. The average molecular weight is 1290 g/mol.